The molecule has 0 saturated carbocycles. The topological polar surface area (TPSA) is 73.6 Å². The van der Waals surface area contributed by atoms with Gasteiger partial charge >= 0.3 is 0 Å². The van der Waals surface area contributed by atoms with Gasteiger partial charge < -0.3 is 10.6 Å². The zero-order valence-electron chi connectivity index (χ0n) is 18.9. The molecule has 0 unspecified atom stereocenters. The van der Waals surface area contributed by atoms with E-state index in [2.05, 4.69) is 80.8 Å². The number of anilines is 2. The first-order valence-electron chi connectivity index (χ1n) is 11.7. The minimum absolute atomic E-state index is 0.494. The molecule has 0 bridgehead atoms. The Morgan fingerprint density at radius 2 is 1.66 bits per heavy atom. The first-order chi connectivity index (χ1) is 15.7. The minimum atomic E-state index is 0.494. The number of benzene rings is 2. The van der Waals surface area contributed by atoms with Gasteiger partial charge in [0.25, 0.3) is 0 Å². The van der Waals surface area contributed by atoms with Crippen molar-refractivity contribution in [2.24, 2.45) is 0 Å². The van der Waals surface area contributed by atoms with Crippen LogP contribution in [0.5, 0.6) is 0 Å². The molecule has 3 aromatic rings. The number of fused-ring (bicyclic) bond motifs is 1. The first-order valence-corrected chi connectivity index (χ1v) is 11.7. The number of likely N-dealkylation sites (N-methyl/N-ethyl adjacent to an activating group) is 1. The molecule has 5 rings (SSSR count). The molecule has 0 spiro atoms. The molecule has 2 aliphatic rings. The second kappa shape index (κ2) is 9.40. The molecular formula is C25H33N7. The second-order valence-electron chi connectivity index (χ2n) is 9.11. The molecule has 7 nitrogen and oxygen atoms in total. The number of piperidine rings is 1. The Morgan fingerprint density at radius 3 is 2.41 bits per heavy atom. The summed E-state index contributed by atoms with van der Waals surface area (Å²) in [6.45, 7) is 7.17. The van der Waals surface area contributed by atoms with Crippen LogP contribution in [0.1, 0.15) is 29.9 Å². The molecule has 2 fully saturated rings. The summed E-state index contributed by atoms with van der Waals surface area (Å²) in [6.07, 6.45) is 2.26. The van der Waals surface area contributed by atoms with Crippen LogP contribution in [0.3, 0.4) is 0 Å². The van der Waals surface area contributed by atoms with Gasteiger partial charge in [-0.3, -0.25) is 10.3 Å². The molecule has 0 aliphatic carbocycles. The fourth-order valence-electron chi connectivity index (χ4n) is 4.93. The van der Waals surface area contributed by atoms with Gasteiger partial charge in [-0.25, -0.2) is 9.99 Å². The predicted octanol–water partition coefficient (Wildman–Crippen LogP) is 3.17. The average Bonchev–Trinajstić information content (AvgIpc) is 2.81. The third kappa shape index (κ3) is 4.70. The maximum atomic E-state index is 6.49. The Morgan fingerprint density at radius 1 is 0.906 bits per heavy atom. The van der Waals surface area contributed by atoms with E-state index >= 15 is 0 Å². The smallest absolute Gasteiger partial charge is 0.240 e. The Hall–Kier alpha value is -2.74. The summed E-state index contributed by atoms with van der Waals surface area (Å²) >= 11 is 0. The third-order valence-electron chi connectivity index (χ3n) is 6.82. The van der Waals surface area contributed by atoms with E-state index in [1.165, 1.54) is 11.1 Å². The number of hydrogen-bond acceptors (Lipinski definition) is 7. The Bertz CT molecular complexity index is 1040. The van der Waals surface area contributed by atoms with Crippen LogP contribution < -0.4 is 11.2 Å². The average molecular weight is 432 g/mol. The van der Waals surface area contributed by atoms with Crippen molar-refractivity contribution in [3.8, 4) is 0 Å². The van der Waals surface area contributed by atoms with Crippen LogP contribution in [0.2, 0.25) is 0 Å². The molecule has 168 valence electrons. The molecule has 0 atom stereocenters. The highest BCUT2D eigenvalue weighted by Crippen LogP contribution is 2.35. The van der Waals surface area contributed by atoms with Gasteiger partial charge in [-0.1, -0.05) is 42.5 Å². The lowest BCUT2D eigenvalue weighted by Gasteiger charge is -2.33. The lowest BCUT2D eigenvalue weighted by Crippen LogP contribution is -2.47. The van der Waals surface area contributed by atoms with E-state index < -0.39 is 0 Å². The van der Waals surface area contributed by atoms with Crippen molar-refractivity contribution in [2.45, 2.75) is 25.3 Å². The molecule has 2 aromatic carbocycles. The number of nitrogens with two attached hydrogens (primary N) is 1. The van der Waals surface area contributed by atoms with Gasteiger partial charge in [-0.15, -0.1) is 0 Å². The zero-order valence-corrected chi connectivity index (χ0v) is 18.9. The van der Waals surface area contributed by atoms with Crippen molar-refractivity contribution in [1.29, 1.82) is 0 Å². The zero-order chi connectivity index (χ0) is 21.9. The summed E-state index contributed by atoms with van der Waals surface area (Å²) in [5, 5.41) is 3.20. The molecule has 3 N–H and O–H groups in total. The number of aromatic nitrogens is 2. The molecular weight excluding hydrogens is 398 g/mol. The molecule has 3 heterocycles. The van der Waals surface area contributed by atoms with Crippen molar-refractivity contribution in [3.05, 3.63) is 59.7 Å². The quantitative estimate of drug-likeness (QED) is 0.643. The van der Waals surface area contributed by atoms with E-state index in [1.807, 2.05) is 0 Å². The number of hydrogen-bond donors (Lipinski definition) is 2. The predicted molar refractivity (Wildman–Crippen MR) is 130 cm³/mol. The van der Waals surface area contributed by atoms with Gasteiger partial charge in [0.1, 0.15) is 5.82 Å². The number of hydrazine groups is 1. The van der Waals surface area contributed by atoms with Crippen molar-refractivity contribution in [3.63, 3.8) is 0 Å². The molecule has 0 amide bonds. The van der Waals surface area contributed by atoms with Gasteiger partial charge in [0, 0.05) is 38.1 Å². The van der Waals surface area contributed by atoms with Crippen LogP contribution in [-0.2, 0) is 6.54 Å². The van der Waals surface area contributed by atoms with Crippen molar-refractivity contribution in [2.75, 3.05) is 57.5 Å². The number of nitrogen functional groups attached to an aromatic ring is 1. The molecule has 2 saturated heterocycles. The lowest BCUT2D eigenvalue weighted by atomic mass is 9.87. The maximum absolute atomic E-state index is 6.49. The second-order valence-corrected chi connectivity index (χ2v) is 9.11. The normalized spacial score (nSPS) is 19.4. The van der Waals surface area contributed by atoms with Gasteiger partial charge in [0.15, 0.2) is 0 Å². The summed E-state index contributed by atoms with van der Waals surface area (Å²) in [5.41, 5.74) is 13.5. The van der Waals surface area contributed by atoms with Crippen molar-refractivity contribution < 1.29 is 0 Å². The van der Waals surface area contributed by atoms with Crippen LogP contribution in [0.25, 0.3) is 10.9 Å². The number of rotatable bonds is 5. The monoisotopic (exact) mass is 431 g/mol. The standard InChI is InChI=1S/C25H33N7/c1-30-14-16-32(17-15-30)29-25-27-22-9-5-8-21(23(22)24(26)28-25)20-10-12-31(13-11-20)18-19-6-3-2-4-7-19/h2-9,20H,10-18H2,1H3,(H3,26,27,28,29). The highest BCUT2D eigenvalue weighted by atomic mass is 15.6. The van der Waals surface area contributed by atoms with Crippen LogP contribution >= 0.6 is 0 Å². The van der Waals surface area contributed by atoms with E-state index in [1.54, 1.807) is 0 Å². The largest absolute Gasteiger partial charge is 0.383 e. The van der Waals surface area contributed by atoms with Gasteiger partial charge in [-0.2, -0.15) is 4.98 Å². The fourth-order valence-corrected chi connectivity index (χ4v) is 4.93. The van der Waals surface area contributed by atoms with Gasteiger partial charge in [-0.05, 0) is 56.1 Å². The van der Waals surface area contributed by atoms with Crippen LogP contribution in [0.15, 0.2) is 48.5 Å². The Kier molecular flexibility index (Phi) is 6.21. The summed E-state index contributed by atoms with van der Waals surface area (Å²) in [4.78, 5) is 14.3. The van der Waals surface area contributed by atoms with E-state index in [4.69, 9.17) is 10.7 Å². The fraction of sp³-hybridized carbons (Fsp3) is 0.440. The Balaban J connectivity index is 1.29. The number of nitrogens with one attached hydrogen (secondary N) is 1. The van der Waals surface area contributed by atoms with E-state index in [-0.39, 0.29) is 0 Å². The lowest BCUT2D eigenvalue weighted by molar-refractivity contribution is 0.178. The van der Waals surface area contributed by atoms with Crippen molar-refractivity contribution in [1.82, 2.24) is 24.8 Å². The summed E-state index contributed by atoms with van der Waals surface area (Å²) in [5.74, 6) is 1.66. The van der Waals surface area contributed by atoms with E-state index in [0.29, 0.717) is 17.7 Å². The van der Waals surface area contributed by atoms with Crippen LogP contribution in [0.4, 0.5) is 11.8 Å². The first kappa shape index (κ1) is 21.1. The summed E-state index contributed by atoms with van der Waals surface area (Å²) < 4.78 is 0. The van der Waals surface area contributed by atoms with E-state index in [9.17, 15) is 0 Å². The molecule has 1 aromatic heterocycles. The SMILES string of the molecule is CN1CCN(Nc2nc(N)c3c(C4CCN(Cc5ccccc5)CC4)cccc3n2)CC1. The molecule has 2 aliphatic heterocycles. The summed E-state index contributed by atoms with van der Waals surface area (Å²) in [6, 6.07) is 17.1. The highest BCUT2D eigenvalue weighted by molar-refractivity contribution is 5.92. The van der Waals surface area contributed by atoms with Crippen LogP contribution in [-0.4, -0.2) is 71.1 Å². The number of likely N-dealkylation sites (tertiary alicyclic amines) is 1. The van der Waals surface area contributed by atoms with Gasteiger partial charge in [0.05, 0.1) is 5.52 Å². The summed E-state index contributed by atoms with van der Waals surface area (Å²) in [7, 11) is 2.15. The molecule has 32 heavy (non-hydrogen) atoms. The number of nitrogens with zero attached hydrogens (tertiary/aromatic N) is 5. The van der Waals surface area contributed by atoms with Crippen LogP contribution in [0, 0.1) is 0 Å². The number of piperazine rings is 1. The third-order valence-corrected chi connectivity index (χ3v) is 6.82. The molecule has 7 heteroatoms. The van der Waals surface area contributed by atoms with Gasteiger partial charge in [0.2, 0.25) is 5.95 Å². The minimum Gasteiger partial charge on any atom is -0.383 e. The maximum Gasteiger partial charge on any atom is 0.240 e. The highest BCUT2D eigenvalue weighted by Gasteiger charge is 2.24. The Labute approximate surface area is 190 Å². The molecule has 0 radical (unpaired) electrons. The van der Waals surface area contributed by atoms with E-state index in [0.717, 1.165) is 69.6 Å². The van der Waals surface area contributed by atoms with Crippen molar-refractivity contribution >= 4 is 22.7 Å².